The number of ketones is 2. The second-order valence-electron chi connectivity index (χ2n) is 2.16. The molecule has 0 N–H and O–H groups in total. The lowest BCUT2D eigenvalue weighted by Gasteiger charge is -1.93. The van der Waals surface area contributed by atoms with E-state index in [2.05, 4.69) is 0 Å². The van der Waals surface area contributed by atoms with Crippen molar-refractivity contribution in [3.05, 3.63) is 0 Å². The van der Waals surface area contributed by atoms with Crippen LogP contribution in [0.5, 0.6) is 0 Å². The molecule has 3 heteroatoms. The molecular weight excluding hydrogens is 148 g/mol. The zero-order valence-corrected chi connectivity index (χ0v) is 7.16. The van der Waals surface area contributed by atoms with Crippen LogP contribution in [0.2, 0.25) is 0 Å². The van der Waals surface area contributed by atoms with E-state index in [0.29, 0.717) is 6.42 Å². The van der Waals surface area contributed by atoms with Gasteiger partial charge in [0.15, 0.2) is 0 Å². The van der Waals surface area contributed by atoms with Crippen LogP contribution >= 0.6 is 11.8 Å². The molecule has 0 unspecified atom stereocenters. The Bertz CT molecular complexity index is 132. The minimum atomic E-state index is -0.0360. The third-order valence-corrected chi connectivity index (χ3v) is 1.64. The van der Waals surface area contributed by atoms with E-state index in [-0.39, 0.29) is 18.0 Å². The summed E-state index contributed by atoms with van der Waals surface area (Å²) in [7, 11) is 0. The van der Waals surface area contributed by atoms with Crippen LogP contribution < -0.4 is 0 Å². The van der Waals surface area contributed by atoms with Crippen molar-refractivity contribution in [2.45, 2.75) is 19.8 Å². The topological polar surface area (TPSA) is 34.1 Å². The highest BCUT2D eigenvalue weighted by Crippen LogP contribution is 1.98. The predicted molar refractivity (Wildman–Crippen MR) is 43.3 cm³/mol. The van der Waals surface area contributed by atoms with E-state index in [1.165, 1.54) is 6.92 Å². The Morgan fingerprint density at radius 2 is 2.00 bits per heavy atom. The molecule has 0 aromatic heterocycles. The van der Waals surface area contributed by atoms with Crippen LogP contribution in [0.4, 0.5) is 0 Å². The second-order valence-corrected chi connectivity index (χ2v) is 3.15. The molecule has 0 rings (SSSR count). The maximum Gasteiger partial charge on any atom is 0.141 e. The maximum atomic E-state index is 10.8. The van der Waals surface area contributed by atoms with E-state index in [9.17, 15) is 9.59 Å². The summed E-state index contributed by atoms with van der Waals surface area (Å²) >= 11 is 1.62. The first kappa shape index (κ1) is 9.69. The molecule has 0 aliphatic carbocycles. The van der Waals surface area contributed by atoms with E-state index in [4.69, 9.17) is 0 Å². The van der Waals surface area contributed by atoms with Gasteiger partial charge in [0.1, 0.15) is 11.6 Å². The van der Waals surface area contributed by atoms with E-state index < -0.39 is 0 Å². The fourth-order valence-electron chi connectivity index (χ4n) is 0.582. The standard InChI is InChI=1S/C7H12O2S/c1-6(8)5-7(9)3-4-10-2/h3-5H2,1-2H3. The molecular formula is C7H12O2S. The molecule has 0 fully saturated rings. The third kappa shape index (κ3) is 5.82. The summed E-state index contributed by atoms with van der Waals surface area (Å²) < 4.78 is 0. The van der Waals surface area contributed by atoms with E-state index in [1.54, 1.807) is 11.8 Å². The van der Waals surface area contributed by atoms with Crippen LogP contribution in [0, 0.1) is 0 Å². The first-order chi connectivity index (χ1) is 4.66. The van der Waals surface area contributed by atoms with Crippen molar-refractivity contribution in [3.8, 4) is 0 Å². The summed E-state index contributed by atoms with van der Waals surface area (Å²) in [5.41, 5.74) is 0. The van der Waals surface area contributed by atoms with Crippen LogP contribution in [-0.4, -0.2) is 23.6 Å². The molecule has 0 aliphatic rings. The number of rotatable bonds is 5. The largest absolute Gasteiger partial charge is 0.300 e. The van der Waals surface area contributed by atoms with E-state index in [1.807, 2.05) is 6.26 Å². The first-order valence-electron chi connectivity index (χ1n) is 3.17. The number of thioether (sulfide) groups is 1. The Hall–Kier alpha value is -0.310. The summed E-state index contributed by atoms with van der Waals surface area (Å²) in [6, 6.07) is 0. The maximum absolute atomic E-state index is 10.8. The number of Topliss-reactive ketones (excluding diaryl/α,β-unsaturated/α-hetero) is 2. The Balaban J connectivity index is 3.35. The van der Waals surface area contributed by atoms with Gasteiger partial charge in [0.05, 0.1) is 6.42 Å². The zero-order valence-electron chi connectivity index (χ0n) is 6.35. The fourth-order valence-corrected chi connectivity index (χ4v) is 1.01. The summed E-state index contributed by atoms with van der Waals surface area (Å²) in [5, 5.41) is 0. The Labute approximate surface area is 65.4 Å². The van der Waals surface area contributed by atoms with Crippen molar-refractivity contribution in [2.24, 2.45) is 0 Å². The molecule has 0 saturated heterocycles. The molecule has 0 radical (unpaired) electrons. The Kier molecular flexibility index (Phi) is 5.30. The van der Waals surface area contributed by atoms with Crippen LogP contribution in [0.3, 0.4) is 0 Å². The van der Waals surface area contributed by atoms with Crippen LogP contribution in [0.15, 0.2) is 0 Å². The minimum absolute atomic E-state index is 0.0360. The monoisotopic (exact) mass is 160 g/mol. The van der Waals surface area contributed by atoms with Crippen molar-refractivity contribution in [1.82, 2.24) is 0 Å². The summed E-state index contributed by atoms with van der Waals surface area (Å²) in [6.45, 7) is 1.44. The normalized spacial score (nSPS) is 9.40. The number of carbonyl (C=O) groups excluding carboxylic acids is 2. The van der Waals surface area contributed by atoms with Crippen molar-refractivity contribution in [1.29, 1.82) is 0 Å². The van der Waals surface area contributed by atoms with Crippen molar-refractivity contribution >= 4 is 23.3 Å². The zero-order chi connectivity index (χ0) is 7.98. The van der Waals surface area contributed by atoms with Gasteiger partial charge in [-0.3, -0.25) is 9.59 Å². The van der Waals surface area contributed by atoms with Gasteiger partial charge in [0, 0.05) is 6.42 Å². The van der Waals surface area contributed by atoms with Gasteiger partial charge in [-0.2, -0.15) is 11.8 Å². The molecule has 0 atom stereocenters. The lowest BCUT2D eigenvalue weighted by atomic mass is 10.2. The minimum Gasteiger partial charge on any atom is -0.300 e. The first-order valence-corrected chi connectivity index (χ1v) is 4.56. The molecule has 0 spiro atoms. The molecule has 0 bridgehead atoms. The molecule has 0 aromatic carbocycles. The highest BCUT2D eigenvalue weighted by Gasteiger charge is 2.03. The van der Waals surface area contributed by atoms with Gasteiger partial charge in [0.25, 0.3) is 0 Å². The molecule has 0 amide bonds. The van der Waals surface area contributed by atoms with Gasteiger partial charge < -0.3 is 0 Å². The van der Waals surface area contributed by atoms with Crippen molar-refractivity contribution < 1.29 is 9.59 Å². The Morgan fingerprint density at radius 3 is 2.40 bits per heavy atom. The third-order valence-electron chi connectivity index (χ3n) is 1.03. The lowest BCUT2D eigenvalue weighted by molar-refractivity contribution is -0.125. The molecule has 58 valence electrons. The van der Waals surface area contributed by atoms with Crippen LogP contribution in [-0.2, 0) is 9.59 Å². The van der Waals surface area contributed by atoms with Crippen molar-refractivity contribution in [2.75, 3.05) is 12.0 Å². The van der Waals surface area contributed by atoms with E-state index >= 15 is 0 Å². The van der Waals surface area contributed by atoms with Gasteiger partial charge in [-0.25, -0.2) is 0 Å². The average Bonchev–Trinajstić information content (AvgIpc) is 1.82. The van der Waals surface area contributed by atoms with Gasteiger partial charge in [-0.05, 0) is 18.9 Å². The van der Waals surface area contributed by atoms with Gasteiger partial charge in [-0.15, -0.1) is 0 Å². The van der Waals surface area contributed by atoms with Gasteiger partial charge in [0.2, 0.25) is 0 Å². The Morgan fingerprint density at radius 1 is 1.40 bits per heavy atom. The fraction of sp³-hybridized carbons (Fsp3) is 0.714. The number of carbonyl (C=O) groups is 2. The molecule has 0 heterocycles. The highest BCUT2D eigenvalue weighted by atomic mass is 32.2. The molecule has 0 aliphatic heterocycles. The average molecular weight is 160 g/mol. The molecule has 10 heavy (non-hydrogen) atoms. The molecule has 2 nitrogen and oxygen atoms in total. The number of hydrogen-bond donors (Lipinski definition) is 0. The van der Waals surface area contributed by atoms with Crippen LogP contribution in [0.1, 0.15) is 19.8 Å². The summed E-state index contributed by atoms with van der Waals surface area (Å²) in [5.74, 6) is 0.847. The number of hydrogen-bond acceptors (Lipinski definition) is 3. The SMILES string of the molecule is CSCCC(=O)CC(C)=O. The summed E-state index contributed by atoms with van der Waals surface area (Å²) in [6.07, 6.45) is 2.59. The molecule has 0 saturated carbocycles. The smallest absolute Gasteiger partial charge is 0.141 e. The van der Waals surface area contributed by atoms with Crippen molar-refractivity contribution in [3.63, 3.8) is 0 Å². The van der Waals surface area contributed by atoms with E-state index in [0.717, 1.165) is 5.75 Å². The predicted octanol–water partition coefficient (Wildman–Crippen LogP) is 1.29. The van der Waals surface area contributed by atoms with Gasteiger partial charge >= 0.3 is 0 Å². The highest BCUT2D eigenvalue weighted by molar-refractivity contribution is 7.98. The molecule has 0 aromatic rings. The summed E-state index contributed by atoms with van der Waals surface area (Å²) in [4.78, 5) is 21.2. The van der Waals surface area contributed by atoms with Crippen LogP contribution in [0.25, 0.3) is 0 Å². The lowest BCUT2D eigenvalue weighted by Crippen LogP contribution is -2.04. The second kappa shape index (κ2) is 5.47. The quantitative estimate of drug-likeness (QED) is 0.568. The van der Waals surface area contributed by atoms with Gasteiger partial charge in [-0.1, -0.05) is 0 Å².